The average molecular weight is 273 g/mol. The second-order valence-corrected chi connectivity index (χ2v) is 5.09. The average Bonchev–Trinajstić information content (AvgIpc) is 3.11. The zero-order valence-corrected chi connectivity index (χ0v) is 11.6. The molecule has 5 heteroatoms. The van der Waals surface area contributed by atoms with Crippen LogP contribution in [0.4, 0.5) is 5.82 Å². The molecule has 0 radical (unpaired) electrons. The summed E-state index contributed by atoms with van der Waals surface area (Å²) < 4.78 is 11.5. The van der Waals surface area contributed by atoms with E-state index >= 15 is 0 Å². The van der Waals surface area contributed by atoms with Crippen LogP contribution in [0.25, 0.3) is 11.1 Å². The van der Waals surface area contributed by atoms with Crippen molar-refractivity contribution in [1.82, 2.24) is 10.2 Å². The number of ether oxygens (including phenoxy) is 2. The van der Waals surface area contributed by atoms with Gasteiger partial charge < -0.3 is 15.2 Å². The molecule has 1 aromatic heterocycles. The monoisotopic (exact) mass is 273 g/mol. The summed E-state index contributed by atoms with van der Waals surface area (Å²) in [5.41, 5.74) is 7.68. The number of anilines is 1. The van der Waals surface area contributed by atoms with Crippen LogP contribution in [0.3, 0.4) is 0 Å². The highest BCUT2D eigenvalue weighted by Crippen LogP contribution is 2.36. The summed E-state index contributed by atoms with van der Waals surface area (Å²) in [5, 5.41) is 6.67. The Morgan fingerprint density at radius 2 is 2.05 bits per heavy atom. The number of nitrogens with zero attached hydrogens (tertiary/aromatic N) is 1. The maximum atomic E-state index is 6.02. The maximum Gasteiger partial charge on any atom is 0.161 e. The van der Waals surface area contributed by atoms with Gasteiger partial charge in [-0.2, -0.15) is 5.10 Å². The molecule has 1 fully saturated rings. The molecule has 0 saturated heterocycles. The molecular weight excluding hydrogens is 254 g/mol. The van der Waals surface area contributed by atoms with Gasteiger partial charge in [0, 0.05) is 5.56 Å². The zero-order valence-electron chi connectivity index (χ0n) is 11.6. The van der Waals surface area contributed by atoms with Crippen molar-refractivity contribution in [2.45, 2.75) is 31.8 Å². The van der Waals surface area contributed by atoms with Gasteiger partial charge in [-0.25, -0.2) is 0 Å². The number of aromatic nitrogens is 2. The number of benzene rings is 1. The first kappa shape index (κ1) is 12.8. The number of aromatic amines is 1. The van der Waals surface area contributed by atoms with Crippen molar-refractivity contribution in [3.63, 3.8) is 0 Å². The molecule has 106 valence electrons. The van der Waals surface area contributed by atoms with Gasteiger partial charge in [-0.05, 0) is 43.4 Å². The van der Waals surface area contributed by atoms with Crippen LogP contribution >= 0.6 is 0 Å². The number of nitrogen functional groups attached to an aromatic ring is 1. The first-order chi connectivity index (χ1) is 9.78. The number of nitrogens with two attached hydrogens (primary N) is 1. The molecule has 1 heterocycles. The van der Waals surface area contributed by atoms with Crippen molar-refractivity contribution < 1.29 is 9.47 Å². The van der Waals surface area contributed by atoms with Gasteiger partial charge in [0.25, 0.3) is 0 Å². The van der Waals surface area contributed by atoms with Gasteiger partial charge in [0.2, 0.25) is 0 Å². The van der Waals surface area contributed by atoms with Crippen molar-refractivity contribution in [3.8, 4) is 22.6 Å². The third-order valence-electron chi connectivity index (χ3n) is 3.74. The van der Waals surface area contributed by atoms with Gasteiger partial charge in [-0.3, -0.25) is 5.10 Å². The maximum absolute atomic E-state index is 6.02. The highest BCUT2D eigenvalue weighted by atomic mass is 16.5. The first-order valence-corrected chi connectivity index (χ1v) is 6.92. The molecule has 0 bridgehead atoms. The molecule has 0 amide bonds. The lowest BCUT2D eigenvalue weighted by Crippen LogP contribution is -2.11. The lowest BCUT2D eigenvalue weighted by atomic mass is 10.1. The summed E-state index contributed by atoms with van der Waals surface area (Å²) in [5.74, 6) is 2.08. The van der Waals surface area contributed by atoms with Gasteiger partial charge in [0.05, 0.1) is 19.4 Å². The minimum absolute atomic E-state index is 0.314. The van der Waals surface area contributed by atoms with E-state index in [0.717, 1.165) is 35.5 Å². The van der Waals surface area contributed by atoms with E-state index in [1.54, 1.807) is 13.3 Å². The summed E-state index contributed by atoms with van der Waals surface area (Å²) in [4.78, 5) is 0. The lowest BCUT2D eigenvalue weighted by molar-refractivity contribution is 0.201. The normalized spacial score (nSPS) is 15.4. The first-order valence-electron chi connectivity index (χ1n) is 6.92. The van der Waals surface area contributed by atoms with E-state index in [4.69, 9.17) is 15.2 Å². The third-order valence-corrected chi connectivity index (χ3v) is 3.74. The van der Waals surface area contributed by atoms with Gasteiger partial charge in [-0.15, -0.1) is 0 Å². The Bertz CT molecular complexity index is 589. The number of nitrogens with one attached hydrogen (secondary N) is 1. The van der Waals surface area contributed by atoms with Crippen LogP contribution in [-0.2, 0) is 0 Å². The molecule has 20 heavy (non-hydrogen) atoms. The SMILES string of the molecule is COc1cc(-c2cn[nH]c2N)ccc1OC1CCCC1. The molecule has 3 N–H and O–H groups in total. The Hall–Kier alpha value is -2.17. The fourth-order valence-corrected chi connectivity index (χ4v) is 2.64. The molecule has 2 aromatic rings. The predicted octanol–water partition coefficient (Wildman–Crippen LogP) is 2.99. The lowest BCUT2D eigenvalue weighted by Gasteiger charge is -2.16. The molecule has 0 atom stereocenters. The van der Waals surface area contributed by atoms with E-state index in [1.165, 1.54) is 12.8 Å². The smallest absolute Gasteiger partial charge is 0.161 e. The Morgan fingerprint density at radius 1 is 1.25 bits per heavy atom. The van der Waals surface area contributed by atoms with Crippen LogP contribution < -0.4 is 15.2 Å². The highest BCUT2D eigenvalue weighted by molar-refractivity contribution is 5.75. The quantitative estimate of drug-likeness (QED) is 0.898. The van der Waals surface area contributed by atoms with Crippen LogP contribution in [0, 0.1) is 0 Å². The fraction of sp³-hybridized carbons (Fsp3) is 0.400. The van der Waals surface area contributed by atoms with Crippen molar-refractivity contribution in [3.05, 3.63) is 24.4 Å². The number of hydrogen-bond donors (Lipinski definition) is 2. The standard InChI is InChI=1S/C15H19N3O2/c1-19-14-8-10(12-9-17-18-15(12)16)6-7-13(14)20-11-4-2-3-5-11/h6-9,11H,2-5H2,1H3,(H3,16,17,18). The van der Waals surface area contributed by atoms with Gasteiger partial charge in [0.15, 0.2) is 11.5 Å². The molecule has 0 spiro atoms. The largest absolute Gasteiger partial charge is 0.493 e. The number of rotatable bonds is 4. The van der Waals surface area contributed by atoms with Crippen LogP contribution in [0.5, 0.6) is 11.5 Å². The minimum Gasteiger partial charge on any atom is -0.493 e. The van der Waals surface area contributed by atoms with E-state index in [1.807, 2.05) is 18.2 Å². The zero-order chi connectivity index (χ0) is 13.9. The van der Waals surface area contributed by atoms with Crippen molar-refractivity contribution >= 4 is 5.82 Å². The number of H-pyrrole nitrogens is 1. The molecule has 0 aliphatic heterocycles. The summed E-state index contributed by atoms with van der Waals surface area (Å²) in [6, 6.07) is 5.86. The molecule has 1 aromatic carbocycles. The van der Waals surface area contributed by atoms with E-state index < -0.39 is 0 Å². The molecule has 1 aliphatic carbocycles. The van der Waals surface area contributed by atoms with E-state index in [2.05, 4.69) is 10.2 Å². The predicted molar refractivity (Wildman–Crippen MR) is 77.9 cm³/mol. The number of methoxy groups -OCH3 is 1. The van der Waals surface area contributed by atoms with Crippen molar-refractivity contribution in [1.29, 1.82) is 0 Å². The topological polar surface area (TPSA) is 73.2 Å². The van der Waals surface area contributed by atoms with Gasteiger partial charge >= 0.3 is 0 Å². The minimum atomic E-state index is 0.314. The highest BCUT2D eigenvalue weighted by Gasteiger charge is 2.19. The second-order valence-electron chi connectivity index (χ2n) is 5.09. The Labute approximate surface area is 118 Å². The third kappa shape index (κ3) is 2.43. The molecule has 5 nitrogen and oxygen atoms in total. The summed E-state index contributed by atoms with van der Waals surface area (Å²) in [7, 11) is 1.65. The van der Waals surface area contributed by atoms with Crippen LogP contribution in [-0.4, -0.2) is 23.4 Å². The van der Waals surface area contributed by atoms with E-state index in [9.17, 15) is 0 Å². The number of hydrogen-bond acceptors (Lipinski definition) is 4. The van der Waals surface area contributed by atoms with E-state index in [-0.39, 0.29) is 0 Å². The molecule has 3 rings (SSSR count). The van der Waals surface area contributed by atoms with Gasteiger partial charge in [0.1, 0.15) is 5.82 Å². The fourth-order valence-electron chi connectivity index (χ4n) is 2.64. The second kappa shape index (κ2) is 5.45. The van der Waals surface area contributed by atoms with Crippen LogP contribution in [0.15, 0.2) is 24.4 Å². The van der Waals surface area contributed by atoms with Crippen LogP contribution in [0.1, 0.15) is 25.7 Å². The molecular formula is C15H19N3O2. The summed E-state index contributed by atoms with van der Waals surface area (Å²) in [6.07, 6.45) is 6.77. The Morgan fingerprint density at radius 3 is 2.70 bits per heavy atom. The summed E-state index contributed by atoms with van der Waals surface area (Å²) in [6.45, 7) is 0. The Balaban J connectivity index is 1.87. The molecule has 1 aliphatic rings. The van der Waals surface area contributed by atoms with E-state index in [0.29, 0.717) is 11.9 Å². The van der Waals surface area contributed by atoms with Crippen molar-refractivity contribution in [2.24, 2.45) is 0 Å². The van der Waals surface area contributed by atoms with Gasteiger partial charge in [-0.1, -0.05) is 6.07 Å². The Kier molecular flexibility index (Phi) is 3.50. The molecule has 1 saturated carbocycles. The van der Waals surface area contributed by atoms with Crippen LogP contribution in [0.2, 0.25) is 0 Å². The van der Waals surface area contributed by atoms with Crippen molar-refractivity contribution in [2.75, 3.05) is 12.8 Å². The molecule has 0 unspecified atom stereocenters. The summed E-state index contributed by atoms with van der Waals surface area (Å²) >= 11 is 0.